The lowest BCUT2D eigenvalue weighted by Crippen LogP contribution is -1.98. The average molecular weight is 243 g/mol. The van der Waals surface area contributed by atoms with Crippen LogP contribution in [0.1, 0.15) is 15.4 Å². The summed E-state index contributed by atoms with van der Waals surface area (Å²) in [5.41, 5.74) is 0. The zero-order chi connectivity index (χ0) is 10.8. The number of thiophene rings is 1. The van der Waals surface area contributed by atoms with Crippen LogP contribution in [0.4, 0.5) is 0 Å². The number of carbonyl (C=O) groups excluding carboxylic acids is 1. The number of carbonyl (C=O) groups is 1. The summed E-state index contributed by atoms with van der Waals surface area (Å²) in [6, 6.07) is 4.82. The molecule has 15 heavy (non-hydrogen) atoms. The molecule has 0 bridgehead atoms. The van der Waals surface area contributed by atoms with Crippen LogP contribution < -0.4 is 4.74 Å². The number of hydrogen-bond donors (Lipinski definition) is 0. The zero-order valence-electron chi connectivity index (χ0n) is 7.82. The Balaban J connectivity index is 2.36. The fourth-order valence-electron chi connectivity index (χ4n) is 1.17. The first-order valence-corrected chi connectivity index (χ1v) is 5.39. The highest BCUT2D eigenvalue weighted by molar-refractivity contribution is 7.12. The Morgan fingerprint density at radius 2 is 2.27 bits per heavy atom. The van der Waals surface area contributed by atoms with Crippen LogP contribution in [-0.4, -0.2) is 12.9 Å². The number of ether oxygens (including phenoxy) is 1. The summed E-state index contributed by atoms with van der Waals surface area (Å²) < 4.78 is 10.1. The van der Waals surface area contributed by atoms with Crippen LogP contribution in [0, 0.1) is 0 Å². The van der Waals surface area contributed by atoms with E-state index in [1.165, 1.54) is 24.5 Å². The van der Waals surface area contributed by atoms with Crippen molar-refractivity contribution in [3.63, 3.8) is 0 Å². The first-order valence-electron chi connectivity index (χ1n) is 4.14. The molecule has 0 aliphatic heterocycles. The summed E-state index contributed by atoms with van der Waals surface area (Å²) in [5.74, 6) is 0.562. The molecule has 0 aliphatic carbocycles. The number of rotatable bonds is 3. The van der Waals surface area contributed by atoms with Gasteiger partial charge in [-0.1, -0.05) is 0 Å². The van der Waals surface area contributed by atoms with Gasteiger partial charge in [-0.15, -0.1) is 11.3 Å². The number of furan rings is 1. The first kappa shape index (κ1) is 10.3. The van der Waals surface area contributed by atoms with E-state index in [9.17, 15) is 4.79 Å². The summed E-state index contributed by atoms with van der Waals surface area (Å²) in [6.07, 6.45) is 0. The van der Waals surface area contributed by atoms with Gasteiger partial charge in [0.15, 0.2) is 11.0 Å². The lowest BCUT2D eigenvalue weighted by Gasteiger charge is -1.98. The maximum atomic E-state index is 11.9. The Morgan fingerprint density at radius 1 is 1.47 bits per heavy atom. The van der Waals surface area contributed by atoms with Gasteiger partial charge in [0.25, 0.3) is 0 Å². The summed E-state index contributed by atoms with van der Waals surface area (Å²) in [4.78, 5) is 12.4. The largest absolute Gasteiger partial charge is 0.495 e. The quantitative estimate of drug-likeness (QED) is 0.776. The standard InChI is InChI=1S/C10H7ClO3S/c1-13-7-4-5-15-10(7)9(12)6-2-3-8(11)14-6/h2-5H,1H3. The summed E-state index contributed by atoms with van der Waals surface area (Å²) in [5, 5.41) is 1.99. The molecule has 2 aromatic rings. The molecule has 0 fully saturated rings. The van der Waals surface area contributed by atoms with Gasteiger partial charge in [0.1, 0.15) is 10.6 Å². The topological polar surface area (TPSA) is 39.4 Å². The maximum absolute atomic E-state index is 11.9. The van der Waals surface area contributed by atoms with Gasteiger partial charge in [0.2, 0.25) is 5.78 Å². The molecule has 0 unspecified atom stereocenters. The van der Waals surface area contributed by atoms with Gasteiger partial charge in [-0.25, -0.2) is 0 Å². The Bertz CT molecular complexity index is 486. The number of ketones is 1. The van der Waals surface area contributed by atoms with Crippen LogP contribution in [0.15, 0.2) is 28.0 Å². The molecule has 0 spiro atoms. The minimum Gasteiger partial charge on any atom is -0.495 e. The molecule has 0 N–H and O–H groups in total. The molecule has 2 heterocycles. The molecule has 0 amide bonds. The van der Waals surface area contributed by atoms with E-state index in [1.54, 1.807) is 17.5 Å². The number of hydrogen-bond acceptors (Lipinski definition) is 4. The number of methoxy groups -OCH3 is 1. The minimum absolute atomic E-state index is 0.203. The zero-order valence-corrected chi connectivity index (χ0v) is 9.39. The molecule has 2 aromatic heterocycles. The van der Waals surface area contributed by atoms with E-state index >= 15 is 0 Å². The van der Waals surface area contributed by atoms with Crippen LogP contribution in [-0.2, 0) is 0 Å². The fraction of sp³-hybridized carbons (Fsp3) is 0.100. The monoisotopic (exact) mass is 242 g/mol. The van der Waals surface area contributed by atoms with E-state index < -0.39 is 0 Å². The van der Waals surface area contributed by atoms with E-state index in [4.69, 9.17) is 20.8 Å². The van der Waals surface area contributed by atoms with Crippen molar-refractivity contribution in [2.45, 2.75) is 0 Å². The molecular weight excluding hydrogens is 236 g/mol. The third-order valence-electron chi connectivity index (χ3n) is 1.85. The first-order chi connectivity index (χ1) is 7.22. The summed E-state index contributed by atoms with van der Waals surface area (Å²) >= 11 is 6.90. The Hall–Kier alpha value is -1.26. The van der Waals surface area contributed by atoms with Crippen LogP contribution in [0.5, 0.6) is 5.75 Å². The van der Waals surface area contributed by atoms with Gasteiger partial charge in [-0.2, -0.15) is 0 Å². The van der Waals surface area contributed by atoms with E-state index in [1.807, 2.05) is 0 Å². The van der Waals surface area contributed by atoms with Gasteiger partial charge < -0.3 is 9.15 Å². The van der Waals surface area contributed by atoms with Gasteiger partial charge in [-0.3, -0.25) is 4.79 Å². The molecule has 2 rings (SSSR count). The second-order valence-corrected chi connectivity index (χ2v) is 4.04. The highest BCUT2D eigenvalue weighted by Gasteiger charge is 2.18. The summed E-state index contributed by atoms with van der Waals surface area (Å²) in [7, 11) is 1.52. The average Bonchev–Trinajstić information content (AvgIpc) is 2.84. The van der Waals surface area contributed by atoms with Gasteiger partial charge >= 0.3 is 0 Å². The van der Waals surface area contributed by atoms with E-state index in [0.717, 1.165) is 0 Å². The highest BCUT2D eigenvalue weighted by Crippen LogP contribution is 2.28. The molecule has 5 heteroatoms. The second-order valence-electron chi connectivity index (χ2n) is 2.75. The smallest absolute Gasteiger partial charge is 0.241 e. The van der Waals surface area contributed by atoms with Crippen LogP contribution in [0.25, 0.3) is 0 Å². The van der Waals surface area contributed by atoms with Crippen molar-refractivity contribution in [2.75, 3.05) is 7.11 Å². The molecule has 0 aliphatic rings. The van der Waals surface area contributed by atoms with Crippen molar-refractivity contribution in [2.24, 2.45) is 0 Å². The van der Waals surface area contributed by atoms with Crippen LogP contribution in [0.2, 0.25) is 5.22 Å². The van der Waals surface area contributed by atoms with Gasteiger partial charge in [0.05, 0.1) is 7.11 Å². The second kappa shape index (κ2) is 4.08. The van der Waals surface area contributed by atoms with Crippen molar-refractivity contribution in [1.82, 2.24) is 0 Å². The lowest BCUT2D eigenvalue weighted by molar-refractivity contribution is 0.101. The minimum atomic E-state index is -0.214. The lowest BCUT2D eigenvalue weighted by atomic mass is 10.2. The molecule has 0 saturated carbocycles. The van der Waals surface area contributed by atoms with Gasteiger partial charge in [-0.05, 0) is 35.2 Å². The predicted octanol–water partition coefficient (Wildman–Crippen LogP) is 3.23. The number of halogens is 1. The van der Waals surface area contributed by atoms with E-state index in [-0.39, 0.29) is 16.8 Å². The molecular formula is C10H7ClO3S. The van der Waals surface area contributed by atoms with Crippen LogP contribution >= 0.6 is 22.9 Å². The van der Waals surface area contributed by atoms with Gasteiger partial charge in [0, 0.05) is 0 Å². The molecule has 3 nitrogen and oxygen atoms in total. The molecule has 0 radical (unpaired) electrons. The van der Waals surface area contributed by atoms with Crippen molar-refractivity contribution < 1.29 is 13.9 Å². The third kappa shape index (κ3) is 1.91. The van der Waals surface area contributed by atoms with Crippen molar-refractivity contribution in [1.29, 1.82) is 0 Å². The molecule has 0 aromatic carbocycles. The molecule has 0 saturated heterocycles. The van der Waals surface area contributed by atoms with Crippen molar-refractivity contribution in [3.05, 3.63) is 39.4 Å². The predicted molar refractivity (Wildman–Crippen MR) is 58.0 cm³/mol. The summed E-state index contributed by atoms with van der Waals surface area (Å²) in [6.45, 7) is 0. The third-order valence-corrected chi connectivity index (χ3v) is 2.95. The Morgan fingerprint density at radius 3 is 2.87 bits per heavy atom. The van der Waals surface area contributed by atoms with Crippen molar-refractivity contribution >= 4 is 28.7 Å². The fourth-order valence-corrected chi connectivity index (χ4v) is 2.12. The van der Waals surface area contributed by atoms with E-state index in [2.05, 4.69) is 0 Å². The molecule has 0 atom stereocenters. The normalized spacial score (nSPS) is 10.3. The SMILES string of the molecule is COc1ccsc1C(=O)c1ccc(Cl)o1. The van der Waals surface area contributed by atoms with Crippen LogP contribution in [0.3, 0.4) is 0 Å². The van der Waals surface area contributed by atoms with Crippen molar-refractivity contribution in [3.8, 4) is 5.75 Å². The Labute approximate surface area is 95.2 Å². The molecule has 78 valence electrons. The Kier molecular flexibility index (Phi) is 2.79. The maximum Gasteiger partial charge on any atom is 0.241 e. The van der Waals surface area contributed by atoms with E-state index in [0.29, 0.717) is 10.6 Å². The highest BCUT2D eigenvalue weighted by atomic mass is 35.5.